The summed E-state index contributed by atoms with van der Waals surface area (Å²) in [5, 5.41) is 8.72. The van der Waals surface area contributed by atoms with Crippen LogP contribution in [-0.4, -0.2) is 40.6 Å². The monoisotopic (exact) mass is 217 g/mol. The van der Waals surface area contributed by atoms with Crippen molar-refractivity contribution >= 4 is 53.6 Å². The van der Waals surface area contributed by atoms with Crippen molar-refractivity contribution in [3.63, 3.8) is 0 Å². The maximum atomic E-state index is 10.6. The third-order valence-electron chi connectivity index (χ3n) is 1.72. The molecule has 0 aromatic heterocycles. The zero-order valence-corrected chi connectivity index (χ0v) is 7.47. The summed E-state index contributed by atoms with van der Waals surface area (Å²) in [5.41, 5.74) is 1.17. The van der Waals surface area contributed by atoms with E-state index in [1.54, 1.807) is 6.08 Å². The molecule has 2 N–H and O–H groups in total. The molecule has 0 saturated carbocycles. The predicted molar refractivity (Wildman–Crippen MR) is 58.2 cm³/mol. The summed E-state index contributed by atoms with van der Waals surface area (Å²) < 4.78 is 2.75. The molecule has 0 bridgehead atoms. The number of carbonyl (C=O) groups is 1. The van der Waals surface area contributed by atoms with E-state index in [4.69, 9.17) is 5.11 Å². The first kappa shape index (κ1) is 11.7. The minimum atomic E-state index is -0.929. The van der Waals surface area contributed by atoms with E-state index in [1.807, 2.05) is 24.3 Å². The molecule has 0 aliphatic carbocycles. The van der Waals surface area contributed by atoms with E-state index in [2.05, 4.69) is 4.72 Å². The molecule has 5 heteroatoms. The molecule has 1 aromatic carbocycles. The second-order valence-corrected chi connectivity index (χ2v) is 3.45. The first-order valence-electron chi connectivity index (χ1n) is 3.74. The van der Waals surface area contributed by atoms with E-state index in [-0.39, 0.29) is 35.3 Å². The van der Waals surface area contributed by atoms with Gasteiger partial charge in [-0.1, -0.05) is 18.2 Å². The van der Waals surface area contributed by atoms with Crippen LogP contribution in [0.25, 0.3) is 6.08 Å². The molecule has 0 atom stereocenters. The van der Waals surface area contributed by atoms with Gasteiger partial charge in [-0.15, -0.1) is 0 Å². The van der Waals surface area contributed by atoms with Gasteiger partial charge in [-0.25, -0.2) is 4.79 Å². The van der Waals surface area contributed by atoms with Crippen molar-refractivity contribution in [2.24, 2.45) is 0 Å². The Balaban J connectivity index is 0.000000980. The molecule has 0 radical (unpaired) electrons. The van der Waals surface area contributed by atoms with E-state index >= 15 is 0 Å². The Bertz CT molecular complexity index is 392. The Kier molecular flexibility index (Phi) is 4.07. The molecule has 68 valence electrons. The van der Waals surface area contributed by atoms with Gasteiger partial charge in [-0.2, -0.15) is 0 Å². The number of rotatable bonds is 1. The molecule has 1 aromatic rings. The van der Waals surface area contributed by atoms with Crippen LogP contribution in [0.2, 0.25) is 0 Å². The van der Waals surface area contributed by atoms with Gasteiger partial charge in [0.1, 0.15) is 5.70 Å². The maximum absolute atomic E-state index is 10.6. The Morgan fingerprint density at radius 1 is 1.36 bits per heavy atom. The number of nitrogens with one attached hydrogen (secondary N) is 1. The van der Waals surface area contributed by atoms with Crippen LogP contribution in [0, 0.1) is 0 Å². The Hall–Kier alpha value is -0.420. The Labute approximate surface area is 108 Å². The molecule has 1 heterocycles. The molecule has 0 amide bonds. The SMILES string of the molecule is O=C(O)C1=Cc2ccccc2SN1.[NaH]. The fraction of sp³-hybridized carbons (Fsp3) is 0. The molecule has 1 aliphatic rings. The standard InChI is InChI=1S/C9H7NO2S.Na.H/c11-9(12)7-5-6-3-1-2-4-8(6)13-10-7;;/h1-5,10H,(H,11,12);;. The number of aliphatic carboxylic acids is 1. The van der Waals surface area contributed by atoms with Gasteiger partial charge in [-0.05, 0) is 29.7 Å². The second-order valence-electron chi connectivity index (χ2n) is 2.61. The summed E-state index contributed by atoms with van der Waals surface area (Å²) >= 11 is 1.33. The van der Waals surface area contributed by atoms with Crippen molar-refractivity contribution in [3.8, 4) is 0 Å². The van der Waals surface area contributed by atoms with E-state index in [9.17, 15) is 4.79 Å². The topological polar surface area (TPSA) is 49.3 Å². The van der Waals surface area contributed by atoms with E-state index < -0.39 is 5.97 Å². The summed E-state index contributed by atoms with van der Waals surface area (Å²) in [6.07, 6.45) is 1.63. The average molecular weight is 217 g/mol. The summed E-state index contributed by atoms with van der Waals surface area (Å²) in [6.45, 7) is 0. The van der Waals surface area contributed by atoms with Crippen molar-refractivity contribution in [2.45, 2.75) is 4.90 Å². The molecule has 2 rings (SSSR count). The predicted octanol–water partition coefficient (Wildman–Crippen LogP) is 1.07. The summed E-state index contributed by atoms with van der Waals surface area (Å²) in [6, 6.07) is 7.65. The fourth-order valence-corrected chi connectivity index (χ4v) is 1.85. The van der Waals surface area contributed by atoms with Gasteiger partial charge in [0.25, 0.3) is 0 Å². The van der Waals surface area contributed by atoms with Crippen molar-refractivity contribution in [2.75, 3.05) is 0 Å². The number of carboxylic acid groups (broad SMARTS) is 1. The number of fused-ring (bicyclic) bond motifs is 1. The van der Waals surface area contributed by atoms with E-state index in [0.717, 1.165) is 10.5 Å². The first-order valence-corrected chi connectivity index (χ1v) is 4.56. The molecule has 3 nitrogen and oxygen atoms in total. The van der Waals surface area contributed by atoms with Crippen molar-refractivity contribution in [1.29, 1.82) is 0 Å². The summed E-state index contributed by atoms with van der Waals surface area (Å²) in [7, 11) is 0. The van der Waals surface area contributed by atoms with Gasteiger partial charge in [0.05, 0.1) is 0 Å². The summed E-state index contributed by atoms with van der Waals surface area (Å²) in [4.78, 5) is 11.7. The van der Waals surface area contributed by atoms with Crippen molar-refractivity contribution in [1.82, 2.24) is 4.72 Å². The quantitative estimate of drug-likeness (QED) is 0.546. The van der Waals surface area contributed by atoms with Crippen molar-refractivity contribution < 1.29 is 9.90 Å². The van der Waals surface area contributed by atoms with Crippen molar-refractivity contribution in [3.05, 3.63) is 35.5 Å². The van der Waals surface area contributed by atoms with Crippen LogP contribution in [0.1, 0.15) is 5.56 Å². The molecule has 0 unspecified atom stereocenters. The van der Waals surface area contributed by atoms with E-state index in [0.29, 0.717) is 0 Å². The third-order valence-corrected chi connectivity index (χ3v) is 2.63. The third kappa shape index (κ3) is 2.33. The zero-order chi connectivity index (χ0) is 9.26. The number of benzene rings is 1. The number of carboxylic acids is 1. The van der Waals surface area contributed by atoms with Crippen LogP contribution in [0.5, 0.6) is 0 Å². The minimum absolute atomic E-state index is 0. The van der Waals surface area contributed by atoms with Gasteiger partial charge in [-0.3, -0.25) is 0 Å². The fourth-order valence-electron chi connectivity index (χ4n) is 1.09. The molecule has 14 heavy (non-hydrogen) atoms. The normalized spacial score (nSPS) is 13.0. The molecule has 0 saturated heterocycles. The van der Waals surface area contributed by atoms with Gasteiger partial charge in [0, 0.05) is 4.90 Å². The number of hydrogen-bond acceptors (Lipinski definition) is 3. The van der Waals surface area contributed by atoms with Gasteiger partial charge in [0.15, 0.2) is 0 Å². The summed E-state index contributed by atoms with van der Waals surface area (Å²) in [5.74, 6) is -0.929. The Morgan fingerprint density at radius 3 is 2.79 bits per heavy atom. The van der Waals surface area contributed by atoms with E-state index in [1.165, 1.54) is 11.9 Å². The zero-order valence-electron chi connectivity index (χ0n) is 6.65. The second kappa shape index (κ2) is 4.89. The average Bonchev–Trinajstić information content (AvgIpc) is 2.17. The molecule has 1 aliphatic heterocycles. The number of hydrogen-bond donors (Lipinski definition) is 2. The van der Waals surface area contributed by atoms with Crippen LogP contribution in [0.3, 0.4) is 0 Å². The molecule has 0 spiro atoms. The van der Waals surface area contributed by atoms with Crippen LogP contribution in [-0.2, 0) is 4.79 Å². The molecule has 0 fully saturated rings. The van der Waals surface area contributed by atoms with Gasteiger partial charge >= 0.3 is 35.5 Å². The van der Waals surface area contributed by atoms with Crippen LogP contribution in [0.15, 0.2) is 34.9 Å². The molecular weight excluding hydrogens is 209 g/mol. The van der Waals surface area contributed by atoms with Gasteiger partial charge in [0.2, 0.25) is 0 Å². The molecular formula is C9H8NNaO2S. The van der Waals surface area contributed by atoms with Crippen LogP contribution >= 0.6 is 11.9 Å². The van der Waals surface area contributed by atoms with Crippen LogP contribution in [0.4, 0.5) is 0 Å². The van der Waals surface area contributed by atoms with Gasteiger partial charge < -0.3 is 9.83 Å². The van der Waals surface area contributed by atoms with Crippen LogP contribution < -0.4 is 4.72 Å². The first-order chi connectivity index (χ1) is 6.27. The Morgan fingerprint density at radius 2 is 2.07 bits per heavy atom.